The molecule has 2 unspecified atom stereocenters. The quantitative estimate of drug-likeness (QED) is 0.229. The maximum atomic E-state index is 16.8. The second kappa shape index (κ2) is 10.9. The molecule has 2 fully saturated rings. The summed E-state index contributed by atoms with van der Waals surface area (Å²) in [5, 5.41) is 0. The van der Waals surface area contributed by atoms with Crippen LogP contribution >= 0.6 is 0 Å². The fourth-order valence-electron chi connectivity index (χ4n) is 5.70. The summed E-state index contributed by atoms with van der Waals surface area (Å²) in [5.41, 5.74) is 8.50. The highest BCUT2D eigenvalue weighted by molar-refractivity contribution is 6.87. The molecular formula is C28H36F2Si2. The van der Waals surface area contributed by atoms with Gasteiger partial charge in [0.05, 0.1) is 0 Å². The van der Waals surface area contributed by atoms with E-state index in [-0.39, 0.29) is 11.1 Å². The van der Waals surface area contributed by atoms with Crippen LogP contribution in [0.1, 0.15) is 75.3 Å². The van der Waals surface area contributed by atoms with Crippen molar-refractivity contribution in [2.24, 2.45) is 0 Å². The van der Waals surface area contributed by atoms with Crippen LogP contribution in [0.3, 0.4) is 0 Å². The van der Waals surface area contributed by atoms with Crippen LogP contribution in [-0.2, 0) is 12.1 Å². The lowest BCUT2D eigenvalue weighted by molar-refractivity contribution is 0.472. The van der Waals surface area contributed by atoms with E-state index in [4.69, 9.17) is 0 Å². The summed E-state index contributed by atoms with van der Waals surface area (Å²) < 4.78 is 33.6. The van der Waals surface area contributed by atoms with Gasteiger partial charge in [0.2, 0.25) is 0 Å². The Labute approximate surface area is 195 Å². The largest absolute Gasteiger partial charge is 0.329 e. The summed E-state index contributed by atoms with van der Waals surface area (Å²) in [7, 11) is -6.89. The van der Waals surface area contributed by atoms with Crippen molar-refractivity contribution in [2.75, 3.05) is 0 Å². The lowest BCUT2D eigenvalue weighted by atomic mass is 10.0. The molecule has 2 aliphatic carbocycles. The Balaban J connectivity index is 1.67. The van der Waals surface area contributed by atoms with Crippen LogP contribution in [0.4, 0.5) is 8.22 Å². The zero-order valence-corrected chi connectivity index (χ0v) is 21.2. The van der Waals surface area contributed by atoms with E-state index in [1.807, 2.05) is 60.7 Å². The molecule has 0 spiro atoms. The van der Waals surface area contributed by atoms with Gasteiger partial charge in [-0.15, -0.1) is 0 Å². The van der Waals surface area contributed by atoms with Gasteiger partial charge in [-0.2, -0.15) is 0 Å². The highest BCUT2D eigenvalue weighted by Gasteiger charge is 2.46. The fraction of sp³-hybridized carbons (Fsp3) is 0.500. The monoisotopic (exact) mass is 466 g/mol. The molecule has 0 aromatic heterocycles. The SMILES string of the molecule is F[Si](C#C[Si](F)(Cc1ccccc1)C1CCCCC1)(Cc1ccccc1)C1CCCCC1. The molecule has 0 nitrogen and oxygen atoms in total. The first-order valence-electron chi connectivity index (χ1n) is 12.6. The molecule has 2 saturated carbocycles. The van der Waals surface area contributed by atoms with E-state index in [0.717, 1.165) is 62.5 Å². The van der Waals surface area contributed by atoms with E-state index in [0.29, 0.717) is 12.1 Å². The number of halogens is 2. The summed E-state index contributed by atoms with van der Waals surface area (Å²) in [6.07, 6.45) is 10.4. The Morgan fingerprint density at radius 1 is 0.562 bits per heavy atom. The molecule has 2 aromatic carbocycles. The molecule has 2 aromatic rings. The molecule has 0 heterocycles. The van der Waals surface area contributed by atoms with Crippen molar-refractivity contribution in [2.45, 2.75) is 87.4 Å². The lowest BCUT2D eigenvalue weighted by Gasteiger charge is -2.32. The molecule has 2 atom stereocenters. The number of rotatable bonds is 6. The lowest BCUT2D eigenvalue weighted by Crippen LogP contribution is -2.42. The van der Waals surface area contributed by atoms with Crippen molar-refractivity contribution in [3.05, 3.63) is 71.8 Å². The number of benzene rings is 2. The Morgan fingerprint density at radius 2 is 0.906 bits per heavy atom. The minimum absolute atomic E-state index is 0.0466. The zero-order valence-electron chi connectivity index (χ0n) is 19.2. The predicted molar refractivity (Wildman–Crippen MR) is 135 cm³/mol. The van der Waals surface area contributed by atoms with Crippen LogP contribution < -0.4 is 0 Å². The Hall–Kier alpha value is -1.71. The summed E-state index contributed by atoms with van der Waals surface area (Å²) in [6, 6.07) is 20.7. The van der Waals surface area contributed by atoms with Crippen LogP contribution in [0.15, 0.2) is 60.7 Å². The van der Waals surface area contributed by atoms with Crippen LogP contribution in [0.25, 0.3) is 0 Å². The van der Waals surface area contributed by atoms with Gasteiger partial charge in [0.15, 0.2) is 0 Å². The maximum Gasteiger partial charge on any atom is 0.329 e. The van der Waals surface area contributed by atoms with Crippen LogP contribution in [0.2, 0.25) is 11.1 Å². The Morgan fingerprint density at radius 3 is 1.25 bits per heavy atom. The molecule has 4 rings (SSSR count). The maximum absolute atomic E-state index is 16.8. The van der Waals surface area contributed by atoms with Gasteiger partial charge < -0.3 is 0 Å². The van der Waals surface area contributed by atoms with Crippen molar-refractivity contribution in [1.82, 2.24) is 0 Å². The first kappa shape index (κ1) is 23.5. The Bertz CT molecular complexity index is 822. The molecule has 0 N–H and O–H groups in total. The van der Waals surface area contributed by atoms with Gasteiger partial charge in [0.25, 0.3) is 0 Å². The topological polar surface area (TPSA) is 0 Å². The third-order valence-electron chi connectivity index (χ3n) is 7.59. The minimum Gasteiger partial charge on any atom is -0.297 e. The van der Waals surface area contributed by atoms with Crippen LogP contribution in [-0.4, -0.2) is 16.8 Å². The van der Waals surface area contributed by atoms with Gasteiger partial charge >= 0.3 is 16.8 Å². The number of hydrogen-bond acceptors (Lipinski definition) is 0. The first-order valence-corrected chi connectivity index (χ1v) is 16.9. The van der Waals surface area contributed by atoms with Crippen molar-refractivity contribution in [3.63, 3.8) is 0 Å². The van der Waals surface area contributed by atoms with Crippen LogP contribution in [0.5, 0.6) is 0 Å². The second-order valence-corrected chi connectivity index (χ2v) is 16.3. The van der Waals surface area contributed by atoms with Gasteiger partial charge in [-0.25, -0.2) is 0 Å². The van der Waals surface area contributed by atoms with E-state index in [1.54, 1.807) is 0 Å². The average Bonchev–Trinajstić information content (AvgIpc) is 2.85. The predicted octanol–water partition coefficient (Wildman–Crippen LogP) is 8.13. The molecule has 0 amide bonds. The minimum atomic E-state index is -3.45. The van der Waals surface area contributed by atoms with Crippen molar-refractivity contribution in [3.8, 4) is 11.1 Å². The highest BCUT2D eigenvalue weighted by Crippen LogP contribution is 2.41. The van der Waals surface area contributed by atoms with Crippen molar-refractivity contribution in [1.29, 1.82) is 0 Å². The molecule has 0 aliphatic heterocycles. The zero-order chi connectivity index (χ0) is 22.3. The molecule has 0 radical (unpaired) electrons. The molecule has 0 saturated heterocycles. The molecule has 32 heavy (non-hydrogen) atoms. The summed E-state index contributed by atoms with van der Waals surface area (Å²) in [4.78, 5) is 0. The van der Waals surface area contributed by atoms with Gasteiger partial charge in [0, 0.05) is 12.1 Å². The molecular weight excluding hydrogens is 430 g/mol. The smallest absolute Gasteiger partial charge is 0.297 e. The van der Waals surface area contributed by atoms with Crippen molar-refractivity contribution >= 4 is 16.8 Å². The second-order valence-electron chi connectivity index (χ2n) is 9.97. The molecule has 170 valence electrons. The standard InChI is InChI=1S/C28H36F2Si2/c29-31(27-17-9-3-10-18-27,23-25-13-5-1-6-14-25)21-22-32(30,28-19-11-4-12-20-28)24-26-15-7-2-8-16-26/h1-2,5-8,13-16,27-28H,3-4,9-12,17-20,23-24H2. The van der Waals surface area contributed by atoms with Gasteiger partial charge in [-0.3, -0.25) is 8.22 Å². The molecule has 4 heteroatoms. The molecule has 0 bridgehead atoms. The fourth-order valence-corrected chi connectivity index (χ4v) is 12.8. The summed E-state index contributed by atoms with van der Waals surface area (Å²) >= 11 is 0. The van der Waals surface area contributed by atoms with Crippen LogP contribution in [0, 0.1) is 11.1 Å². The van der Waals surface area contributed by atoms with Gasteiger partial charge in [-0.05, 0) is 47.9 Å². The average molecular weight is 467 g/mol. The molecule has 2 aliphatic rings. The van der Waals surface area contributed by atoms with Gasteiger partial charge in [-0.1, -0.05) is 110 Å². The van der Waals surface area contributed by atoms with E-state index < -0.39 is 16.8 Å². The van der Waals surface area contributed by atoms with Crippen molar-refractivity contribution < 1.29 is 8.22 Å². The first-order chi connectivity index (χ1) is 15.6. The summed E-state index contributed by atoms with van der Waals surface area (Å²) in [5.74, 6) is 0. The number of hydrogen-bond donors (Lipinski definition) is 0. The van der Waals surface area contributed by atoms with E-state index in [2.05, 4.69) is 11.1 Å². The van der Waals surface area contributed by atoms with E-state index >= 15 is 8.22 Å². The van der Waals surface area contributed by atoms with E-state index in [9.17, 15) is 0 Å². The normalized spacial score (nSPS) is 21.7. The Kier molecular flexibility index (Phi) is 8.02. The third kappa shape index (κ3) is 6.00. The summed E-state index contributed by atoms with van der Waals surface area (Å²) in [6.45, 7) is 0. The highest BCUT2D eigenvalue weighted by atomic mass is 28.4. The van der Waals surface area contributed by atoms with E-state index in [1.165, 1.54) is 12.8 Å². The van der Waals surface area contributed by atoms with Gasteiger partial charge in [0.1, 0.15) is 0 Å². The third-order valence-corrected chi connectivity index (χ3v) is 14.5.